The van der Waals surface area contributed by atoms with E-state index in [4.69, 9.17) is 5.26 Å². The van der Waals surface area contributed by atoms with E-state index in [2.05, 4.69) is 10.6 Å². The summed E-state index contributed by atoms with van der Waals surface area (Å²) in [5.41, 5.74) is 1.40. The Morgan fingerprint density at radius 3 is 2.65 bits per heavy atom. The fourth-order valence-corrected chi connectivity index (χ4v) is 1.95. The summed E-state index contributed by atoms with van der Waals surface area (Å²) >= 11 is 0. The Balaban J connectivity index is 2.09. The van der Waals surface area contributed by atoms with Gasteiger partial charge in [0.15, 0.2) is 0 Å². The number of rotatable bonds is 5. The molecule has 2 aromatic carbocycles. The maximum Gasteiger partial charge on any atom is 0.255 e. The van der Waals surface area contributed by atoms with Crippen molar-refractivity contribution in [1.82, 2.24) is 5.32 Å². The average molecular weight is 311 g/mol. The zero-order valence-corrected chi connectivity index (χ0v) is 12.2. The van der Waals surface area contributed by atoms with Crippen molar-refractivity contribution in [2.24, 2.45) is 0 Å². The first-order valence-electron chi connectivity index (χ1n) is 6.88. The van der Waals surface area contributed by atoms with E-state index >= 15 is 0 Å². The number of halogens is 1. The van der Waals surface area contributed by atoms with Crippen molar-refractivity contribution in [3.8, 4) is 6.07 Å². The van der Waals surface area contributed by atoms with Gasteiger partial charge in [0.05, 0.1) is 6.07 Å². The molecule has 0 aliphatic carbocycles. The molecule has 5 nitrogen and oxygen atoms in total. The minimum absolute atomic E-state index is 0.181. The highest BCUT2D eigenvalue weighted by molar-refractivity contribution is 6.04. The predicted octanol–water partition coefficient (Wildman–Crippen LogP) is 2.61. The molecule has 116 valence electrons. The van der Waals surface area contributed by atoms with Gasteiger partial charge in [0.1, 0.15) is 12.2 Å². The lowest BCUT2D eigenvalue weighted by atomic mass is 10.1. The second-order valence-electron chi connectivity index (χ2n) is 4.73. The number of para-hydroxylation sites is 1. The van der Waals surface area contributed by atoms with Crippen molar-refractivity contribution < 1.29 is 14.0 Å². The van der Waals surface area contributed by atoms with Crippen LogP contribution in [0.4, 0.5) is 10.1 Å². The SMILES string of the molecule is N#CCC(=O)NCc1ccccc1NC(=O)c1cccc(F)c1. The van der Waals surface area contributed by atoms with E-state index in [-0.39, 0.29) is 18.5 Å². The van der Waals surface area contributed by atoms with Crippen LogP contribution in [0.25, 0.3) is 0 Å². The zero-order chi connectivity index (χ0) is 16.7. The number of nitriles is 1. The number of carbonyl (C=O) groups excluding carboxylic acids is 2. The highest BCUT2D eigenvalue weighted by atomic mass is 19.1. The lowest BCUT2D eigenvalue weighted by Gasteiger charge is -2.11. The van der Waals surface area contributed by atoms with E-state index in [0.717, 1.165) is 6.07 Å². The van der Waals surface area contributed by atoms with Crippen molar-refractivity contribution in [2.75, 3.05) is 5.32 Å². The molecule has 6 heteroatoms. The quantitative estimate of drug-likeness (QED) is 0.890. The molecule has 0 heterocycles. The number of hydrogen-bond acceptors (Lipinski definition) is 3. The van der Waals surface area contributed by atoms with E-state index < -0.39 is 17.6 Å². The number of carbonyl (C=O) groups is 2. The standard InChI is InChI=1S/C17H14FN3O2/c18-14-6-3-5-12(10-14)17(23)21-15-7-2-1-4-13(15)11-20-16(22)8-9-19/h1-7,10H,8,11H2,(H,20,22)(H,21,23). The summed E-state index contributed by atoms with van der Waals surface area (Å²) in [7, 11) is 0. The van der Waals surface area contributed by atoms with Crippen LogP contribution in [0, 0.1) is 17.1 Å². The second kappa shape index (κ2) is 7.71. The van der Waals surface area contributed by atoms with Crippen LogP contribution in [-0.4, -0.2) is 11.8 Å². The Bertz CT molecular complexity index is 768. The van der Waals surface area contributed by atoms with E-state index in [0.29, 0.717) is 11.3 Å². The molecule has 0 aliphatic heterocycles. The van der Waals surface area contributed by atoms with E-state index in [1.807, 2.05) is 0 Å². The van der Waals surface area contributed by atoms with Crippen LogP contribution in [0.15, 0.2) is 48.5 Å². The zero-order valence-electron chi connectivity index (χ0n) is 12.2. The fraction of sp³-hybridized carbons (Fsp3) is 0.118. The normalized spacial score (nSPS) is 9.74. The van der Waals surface area contributed by atoms with Crippen molar-refractivity contribution >= 4 is 17.5 Å². The van der Waals surface area contributed by atoms with Gasteiger partial charge in [-0.15, -0.1) is 0 Å². The first-order valence-corrected chi connectivity index (χ1v) is 6.88. The Morgan fingerprint density at radius 1 is 1.13 bits per heavy atom. The number of nitrogens with one attached hydrogen (secondary N) is 2. The van der Waals surface area contributed by atoms with Crippen molar-refractivity contribution in [2.45, 2.75) is 13.0 Å². The maximum atomic E-state index is 13.2. The molecule has 23 heavy (non-hydrogen) atoms. The number of amides is 2. The Kier molecular flexibility index (Phi) is 5.42. The molecule has 0 aromatic heterocycles. The molecule has 0 saturated carbocycles. The molecular formula is C17H14FN3O2. The minimum Gasteiger partial charge on any atom is -0.351 e. The number of hydrogen-bond donors (Lipinski definition) is 2. The Hall–Kier alpha value is -3.20. The van der Waals surface area contributed by atoms with Crippen LogP contribution in [0.3, 0.4) is 0 Å². The van der Waals surface area contributed by atoms with Crippen LogP contribution in [0.1, 0.15) is 22.3 Å². The number of anilines is 1. The summed E-state index contributed by atoms with van der Waals surface area (Å²) in [5, 5.41) is 13.7. The van der Waals surface area contributed by atoms with Gasteiger partial charge < -0.3 is 10.6 Å². The van der Waals surface area contributed by atoms with Gasteiger partial charge in [-0.3, -0.25) is 9.59 Å². The molecule has 0 saturated heterocycles. The van der Waals surface area contributed by atoms with Gasteiger partial charge in [0.2, 0.25) is 5.91 Å². The van der Waals surface area contributed by atoms with E-state index in [1.54, 1.807) is 30.3 Å². The van der Waals surface area contributed by atoms with Gasteiger partial charge in [-0.05, 0) is 29.8 Å². The molecule has 0 atom stereocenters. The van der Waals surface area contributed by atoms with Gasteiger partial charge in [-0.25, -0.2) is 4.39 Å². The van der Waals surface area contributed by atoms with Crippen molar-refractivity contribution in [3.63, 3.8) is 0 Å². The van der Waals surface area contributed by atoms with Crippen LogP contribution in [0.2, 0.25) is 0 Å². The minimum atomic E-state index is -0.491. The molecule has 0 fully saturated rings. The maximum absolute atomic E-state index is 13.2. The first-order chi connectivity index (χ1) is 11.1. The van der Waals surface area contributed by atoms with Gasteiger partial charge in [0, 0.05) is 17.8 Å². The highest BCUT2D eigenvalue weighted by Crippen LogP contribution is 2.16. The molecule has 0 unspecified atom stereocenters. The fourth-order valence-electron chi connectivity index (χ4n) is 1.95. The van der Waals surface area contributed by atoms with Gasteiger partial charge in [-0.2, -0.15) is 5.26 Å². The highest BCUT2D eigenvalue weighted by Gasteiger charge is 2.10. The lowest BCUT2D eigenvalue weighted by molar-refractivity contribution is -0.120. The number of nitrogens with zero attached hydrogens (tertiary/aromatic N) is 1. The van der Waals surface area contributed by atoms with Crippen LogP contribution in [-0.2, 0) is 11.3 Å². The van der Waals surface area contributed by atoms with Gasteiger partial charge in [0.25, 0.3) is 5.91 Å². The van der Waals surface area contributed by atoms with E-state index in [9.17, 15) is 14.0 Å². The third-order valence-corrected chi connectivity index (χ3v) is 3.07. The molecule has 0 spiro atoms. The molecule has 0 bridgehead atoms. The first kappa shape index (κ1) is 16.2. The van der Waals surface area contributed by atoms with Gasteiger partial charge >= 0.3 is 0 Å². The Labute approximate surface area is 132 Å². The smallest absolute Gasteiger partial charge is 0.255 e. The summed E-state index contributed by atoms with van der Waals surface area (Å²) in [4.78, 5) is 23.5. The third-order valence-electron chi connectivity index (χ3n) is 3.07. The van der Waals surface area contributed by atoms with Crippen LogP contribution in [0.5, 0.6) is 0 Å². The summed E-state index contributed by atoms with van der Waals surface area (Å²) in [5.74, 6) is -1.33. The summed E-state index contributed by atoms with van der Waals surface area (Å²) in [6, 6.07) is 14.1. The third kappa shape index (κ3) is 4.64. The summed E-state index contributed by atoms with van der Waals surface area (Å²) < 4.78 is 13.2. The largest absolute Gasteiger partial charge is 0.351 e. The number of benzene rings is 2. The molecule has 2 amide bonds. The molecular weight excluding hydrogens is 297 g/mol. The van der Waals surface area contributed by atoms with Crippen LogP contribution >= 0.6 is 0 Å². The molecule has 2 rings (SSSR count). The lowest BCUT2D eigenvalue weighted by Crippen LogP contribution is -2.23. The summed E-state index contributed by atoms with van der Waals surface area (Å²) in [6.07, 6.45) is -0.224. The topological polar surface area (TPSA) is 82.0 Å². The van der Waals surface area contributed by atoms with E-state index in [1.165, 1.54) is 18.2 Å². The molecule has 0 radical (unpaired) electrons. The van der Waals surface area contributed by atoms with Gasteiger partial charge in [-0.1, -0.05) is 24.3 Å². The Morgan fingerprint density at radius 2 is 1.91 bits per heavy atom. The monoisotopic (exact) mass is 311 g/mol. The molecule has 2 aromatic rings. The summed E-state index contributed by atoms with van der Waals surface area (Å²) in [6.45, 7) is 0.181. The molecule has 0 aliphatic rings. The molecule has 2 N–H and O–H groups in total. The average Bonchev–Trinajstić information content (AvgIpc) is 2.54. The van der Waals surface area contributed by atoms with Crippen molar-refractivity contribution in [3.05, 3.63) is 65.5 Å². The van der Waals surface area contributed by atoms with Crippen LogP contribution < -0.4 is 10.6 Å². The predicted molar refractivity (Wildman–Crippen MR) is 82.9 cm³/mol. The second-order valence-corrected chi connectivity index (χ2v) is 4.73. The van der Waals surface area contributed by atoms with Crippen molar-refractivity contribution in [1.29, 1.82) is 5.26 Å².